The van der Waals surface area contributed by atoms with E-state index in [1.54, 1.807) is 6.92 Å². The van der Waals surface area contributed by atoms with Gasteiger partial charge in [-0.05, 0) is 38.7 Å². The molecule has 1 amide bonds. The van der Waals surface area contributed by atoms with E-state index in [2.05, 4.69) is 12.2 Å². The third-order valence-electron chi connectivity index (χ3n) is 4.47. The Morgan fingerprint density at radius 1 is 1.48 bits per heavy atom. The number of nitrogens with zero attached hydrogens (tertiary/aromatic N) is 1. The Morgan fingerprint density at radius 3 is 2.83 bits per heavy atom. The van der Waals surface area contributed by atoms with E-state index < -0.39 is 4.92 Å². The van der Waals surface area contributed by atoms with Gasteiger partial charge >= 0.3 is 5.69 Å². The van der Waals surface area contributed by atoms with Gasteiger partial charge in [-0.25, -0.2) is 0 Å². The zero-order valence-corrected chi connectivity index (χ0v) is 13.8. The zero-order chi connectivity index (χ0) is 17.0. The van der Waals surface area contributed by atoms with E-state index in [9.17, 15) is 14.9 Å². The van der Waals surface area contributed by atoms with Crippen LogP contribution < -0.4 is 15.0 Å². The van der Waals surface area contributed by atoms with Gasteiger partial charge in [0.05, 0.1) is 24.6 Å². The van der Waals surface area contributed by atoms with Crippen molar-refractivity contribution in [3.63, 3.8) is 0 Å². The van der Waals surface area contributed by atoms with Crippen molar-refractivity contribution < 1.29 is 19.4 Å². The summed E-state index contributed by atoms with van der Waals surface area (Å²) < 4.78 is 5.05. The van der Waals surface area contributed by atoms with Crippen LogP contribution in [0, 0.1) is 17.0 Å². The van der Waals surface area contributed by atoms with E-state index in [0.717, 1.165) is 19.4 Å². The van der Waals surface area contributed by atoms with Crippen LogP contribution in [0.3, 0.4) is 0 Å². The van der Waals surface area contributed by atoms with E-state index in [1.807, 2.05) is 0 Å². The van der Waals surface area contributed by atoms with Crippen LogP contribution in [0.1, 0.15) is 31.7 Å². The summed E-state index contributed by atoms with van der Waals surface area (Å²) in [6.45, 7) is 5.33. The van der Waals surface area contributed by atoms with E-state index in [4.69, 9.17) is 4.74 Å². The first kappa shape index (κ1) is 17.2. The molecule has 2 atom stereocenters. The molecule has 2 rings (SSSR count). The number of carbonyl (C=O) groups is 1. The number of carbonyl (C=O) groups excluding carboxylic acids is 1. The Morgan fingerprint density at radius 2 is 2.22 bits per heavy atom. The number of nitro groups is 1. The van der Waals surface area contributed by atoms with Crippen LogP contribution in [0.5, 0.6) is 5.75 Å². The molecule has 0 bridgehead atoms. The number of nitro benzene ring substituents is 1. The van der Waals surface area contributed by atoms with Crippen molar-refractivity contribution in [1.82, 2.24) is 0 Å². The molecule has 0 spiro atoms. The quantitative estimate of drug-likeness (QED) is 0.632. The van der Waals surface area contributed by atoms with Crippen LogP contribution in [0.25, 0.3) is 0 Å². The fraction of sp³-hybridized carbons (Fsp3) is 0.562. The van der Waals surface area contributed by atoms with E-state index in [1.165, 1.54) is 30.6 Å². The van der Waals surface area contributed by atoms with Gasteiger partial charge in [0, 0.05) is 17.8 Å². The van der Waals surface area contributed by atoms with Gasteiger partial charge in [0.15, 0.2) is 12.3 Å². The van der Waals surface area contributed by atoms with Gasteiger partial charge < -0.3 is 15.0 Å². The molecule has 1 aromatic carbocycles. The summed E-state index contributed by atoms with van der Waals surface area (Å²) in [4.78, 5) is 24.1. The van der Waals surface area contributed by atoms with Gasteiger partial charge in [-0.2, -0.15) is 0 Å². The average molecular weight is 322 g/mol. The molecule has 0 aromatic heterocycles. The van der Waals surface area contributed by atoms with Crippen LogP contribution in [-0.4, -0.2) is 37.1 Å². The number of rotatable bonds is 5. The summed E-state index contributed by atoms with van der Waals surface area (Å²) in [5.74, 6) is 0.0716. The van der Waals surface area contributed by atoms with Crippen molar-refractivity contribution >= 4 is 17.3 Å². The lowest BCUT2D eigenvalue weighted by atomic mass is 10.0. The van der Waals surface area contributed by atoms with Gasteiger partial charge in [0.2, 0.25) is 0 Å². The fourth-order valence-corrected chi connectivity index (χ4v) is 3.03. The maximum atomic E-state index is 12.3. The lowest BCUT2D eigenvalue weighted by Crippen LogP contribution is -3.17. The number of piperidine rings is 1. The molecule has 126 valence electrons. The molecule has 0 aliphatic carbocycles. The number of ether oxygens (including phenoxy) is 1. The Bertz CT molecular complexity index is 603. The van der Waals surface area contributed by atoms with Gasteiger partial charge in [0.1, 0.15) is 0 Å². The number of methoxy groups -OCH3 is 1. The summed E-state index contributed by atoms with van der Waals surface area (Å²) in [6.07, 6.45) is 3.52. The lowest BCUT2D eigenvalue weighted by molar-refractivity contribution is -0.920. The molecule has 1 aromatic rings. The maximum Gasteiger partial charge on any atom is 0.311 e. The average Bonchev–Trinajstić information content (AvgIpc) is 2.51. The number of aryl methyl sites for hydroxylation is 1. The molecule has 7 heteroatoms. The van der Waals surface area contributed by atoms with E-state index in [0.29, 0.717) is 23.8 Å². The van der Waals surface area contributed by atoms with Crippen molar-refractivity contribution in [2.45, 2.75) is 39.2 Å². The second-order valence-corrected chi connectivity index (χ2v) is 6.13. The standard InChI is InChI=1S/C16H23N3O4/c1-11-8-14(19(21)22)15(23-3)9-13(11)17-16(20)10-18-7-5-4-6-12(18)2/h8-9,12H,4-7,10H2,1-3H3,(H,17,20)/p+1/t12-/m0/s1. The van der Waals surface area contributed by atoms with E-state index >= 15 is 0 Å². The SMILES string of the molecule is COc1cc(NC(=O)C[NH+]2CCCC[C@@H]2C)c(C)cc1[N+](=O)[O-]. The van der Waals surface area contributed by atoms with E-state index in [-0.39, 0.29) is 17.3 Å². The zero-order valence-electron chi connectivity index (χ0n) is 13.8. The summed E-state index contributed by atoms with van der Waals surface area (Å²) in [5.41, 5.74) is 1.10. The highest BCUT2D eigenvalue weighted by Crippen LogP contribution is 2.32. The van der Waals surface area contributed by atoms with Crippen LogP contribution in [-0.2, 0) is 4.79 Å². The summed E-state index contributed by atoms with van der Waals surface area (Å²) in [6, 6.07) is 3.42. The molecule has 1 aliphatic heterocycles. The van der Waals surface area contributed by atoms with Crippen LogP contribution in [0.4, 0.5) is 11.4 Å². The number of nitrogens with one attached hydrogen (secondary N) is 2. The van der Waals surface area contributed by atoms with Gasteiger partial charge in [-0.3, -0.25) is 14.9 Å². The number of hydrogen-bond acceptors (Lipinski definition) is 4. The number of quaternary nitrogens is 1. The van der Waals surface area contributed by atoms with Crippen molar-refractivity contribution in [3.05, 3.63) is 27.8 Å². The molecule has 1 unspecified atom stereocenters. The smallest absolute Gasteiger partial charge is 0.311 e. The Balaban J connectivity index is 2.09. The second kappa shape index (κ2) is 7.41. The highest BCUT2D eigenvalue weighted by Gasteiger charge is 2.25. The third kappa shape index (κ3) is 4.19. The number of anilines is 1. The molecular weight excluding hydrogens is 298 g/mol. The Labute approximate surface area is 135 Å². The van der Waals surface area contributed by atoms with Gasteiger partial charge in [-0.15, -0.1) is 0 Å². The third-order valence-corrected chi connectivity index (χ3v) is 4.47. The second-order valence-electron chi connectivity index (χ2n) is 6.13. The Hall–Kier alpha value is -2.15. The summed E-state index contributed by atoms with van der Waals surface area (Å²) in [5, 5.41) is 13.9. The van der Waals surface area contributed by atoms with Crippen LogP contribution in [0.15, 0.2) is 12.1 Å². The molecule has 0 saturated carbocycles. The van der Waals surface area contributed by atoms with Crippen LogP contribution >= 0.6 is 0 Å². The monoisotopic (exact) mass is 322 g/mol. The number of hydrogen-bond donors (Lipinski definition) is 2. The minimum Gasteiger partial charge on any atom is -0.490 e. The molecule has 23 heavy (non-hydrogen) atoms. The lowest BCUT2D eigenvalue weighted by Gasteiger charge is -2.29. The highest BCUT2D eigenvalue weighted by molar-refractivity contribution is 5.92. The topological polar surface area (TPSA) is 85.9 Å². The summed E-state index contributed by atoms with van der Waals surface area (Å²) >= 11 is 0. The molecule has 2 N–H and O–H groups in total. The summed E-state index contributed by atoms with van der Waals surface area (Å²) in [7, 11) is 1.38. The van der Waals surface area contributed by atoms with Gasteiger partial charge in [0.25, 0.3) is 5.91 Å². The predicted molar refractivity (Wildman–Crippen MR) is 87.0 cm³/mol. The largest absolute Gasteiger partial charge is 0.490 e. The van der Waals surface area contributed by atoms with Crippen LogP contribution in [0.2, 0.25) is 0 Å². The van der Waals surface area contributed by atoms with Gasteiger partial charge in [-0.1, -0.05) is 0 Å². The normalized spacial score (nSPS) is 20.8. The van der Waals surface area contributed by atoms with Crippen molar-refractivity contribution in [1.29, 1.82) is 0 Å². The highest BCUT2D eigenvalue weighted by atomic mass is 16.6. The first-order valence-electron chi connectivity index (χ1n) is 7.89. The molecule has 1 saturated heterocycles. The molecule has 0 radical (unpaired) electrons. The minimum atomic E-state index is -0.489. The number of amides is 1. The van der Waals surface area contributed by atoms with Crippen molar-refractivity contribution in [2.75, 3.05) is 25.5 Å². The molecule has 1 fully saturated rings. The maximum absolute atomic E-state index is 12.3. The number of likely N-dealkylation sites (tertiary alicyclic amines) is 1. The molecule has 1 heterocycles. The molecule has 1 aliphatic rings. The predicted octanol–water partition coefficient (Wildman–Crippen LogP) is 1.31. The first-order chi connectivity index (χ1) is 10.9. The number of benzene rings is 1. The van der Waals surface area contributed by atoms with Crippen molar-refractivity contribution in [3.8, 4) is 5.75 Å². The molecular formula is C16H24N3O4+. The van der Waals surface area contributed by atoms with Crippen molar-refractivity contribution in [2.24, 2.45) is 0 Å². The fourth-order valence-electron chi connectivity index (χ4n) is 3.03. The first-order valence-corrected chi connectivity index (χ1v) is 7.89. The Kier molecular flexibility index (Phi) is 5.54. The minimum absolute atomic E-state index is 0.0762. The molecule has 7 nitrogen and oxygen atoms in total.